The molecule has 1 aliphatic carbocycles. The Morgan fingerprint density at radius 3 is 2.91 bits per heavy atom. The van der Waals surface area contributed by atoms with Gasteiger partial charge >= 0.3 is 0 Å². The molecule has 3 rings (SSSR count). The summed E-state index contributed by atoms with van der Waals surface area (Å²) in [5.41, 5.74) is 2.22. The summed E-state index contributed by atoms with van der Waals surface area (Å²) in [4.78, 5) is 15.3. The highest BCUT2D eigenvalue weighted by molar-refractivity contribution is 5.88. The zero-order chi connectivity index (χ0) is 16.1. The molecule has 2 N–H and O–H groups in total. The van der Waals surface area contributed by atoms with Crippen molar-refractivity contribution in [1.29, 1.82) is 0 Å². The molecule has 1 heterocycles. The summed E-state index contributed by atoms with van der Waals surface area (Å²) in [5.74, 6) is 0.199. The van der Waals surface area contributed by atoms with Crippen LogP contribution in [-0.4, -0.2) is 50.1 Å². The Morgan fingerprint density at radius 2 is 2.09 bits per heavy atom. The van der Waals surface area contributed by atoms with Gasteiger partial charge in [-0.3, -0.25) is 4.79 Å². The molecule has 0 bridgehead atoms. The maximum Gasteiger partial charge on any atom is 0.230 e. The average Bonchev–Trinajstić information content (AvgIpc) is 2.60. The van der Waals surface area contributed by atoms with Gasteiger partial charge in [-0.2, -0.15) is 0 Å². The molecular weight excluding hydrogens is 286 g/mol. The molecule has 1 unspecified atom stereocenters. The van der Waals surface area contributed by atoms with E-state index in [-0.39, 0.29) is 11.3 Å². The number of amides is 1. The summed E-state index contributed by atoms with van der Waals surface area (Å²) < 4.78 is 0. The van der Waals surface area contributed by atoms with E-state index in [2.05, 4.69) is 46.7 Å². The SMILES string of the molecule is CC1(C(=O)NCCCN2CCNCC2)CCCc2ccccc21. The topological polar surface area (TPSA) is 44.4 Å². The molecule has 1 amide bonds. The van der Waals surface area contributed by atoms with Crippen molar-refractivity contribution in [2.75, 3.05) is 39.3 Å². The van der Waals surface area contributed by atoms with Crippen LogP contribution in [-0.2, 0) is 16.6 Å². The minimum Gasteiger partial charge on any atom is -0.355 e. The van der Waals surface area contributed by atoms with Crippen molar-refractivity contribution in [2.24, 2.45) is 0 Å². The predicted octanol–water partition coefficient (Wildman–Crippen LogP) is 1.69. The van der Waals surface area contributed by atoms with E-state index in [4.69, 9.17) is 0 Å². The first-order valence-corrected chi connectivity index (χ1v) is 9.00. The Kier molecular flexibility index (Phi) is 5.34. The first kappa shape index (κ1) is 16.5. The third kappa shape index (κ3) is 3.75. The van der Waals surface area contributed by atoms with E-state index in [1.807, 2.05) is 0 Å². The van der Waals surface area contributed by atoms with Crippen molar-refractivity contribution < 1.29 is 4.79 Å². The highest BCUT2D eigenvalue weighted by atomic mass is 16.2. The number of nitrogens with one attached hydrogen (secondary N) is 2. The number of aryl methyl sites for hydroxylation is 1. The maximum atomic E-state index is 12.8. The molecule has 1 fully saturated rings. The largest absolute Gasteiger partial charge is 0.355 e. The standard InChI is InChI=1S/C19H29N3O/c1-19(9-4-7-16-6-2-3-8-17(16)19)18(23)21-10-5-13-22-14-11-20-12-15-22/h2-3,6,8,20H,4-5,7,9-15H2,1H3,(H,21,23). The Labute approximate surface area is 139 Å². The molecule has 1 aliphatic heterocycles. The smallest absolute Gasteiger partial charge is 0.230 e. The maximum absolute atomic E-state index is 12.8. The lowest BCUT2D eigenvalue weighted by molar-refractivity contribution is -0.126. The zero-order valence-electron chi connectivity index (χ0n) is 14.2. The van der Waals surface area contributed by atoms with E-state index >= 15 is 0 Å². The van der Waals surface area contributed by atoms with Gasteiger partial charge in [-0.25, -0.2) is 0 Å². The third-order valence-corrected chi connectivity index (χ3v) is 5.38. The van der Waals surface area contributed by atoms with Crippen LogP contribution in [0.15, 0.2) is 24.3 Å². The van der Waals surface area contributed by atoms with E-state index in [1.165, 1.54) is 11.1 Å². The number of rotatable bonds is 5. The fraction of sp³-hybridized carbons (Fsp3) is 0.632. The number of hydrogen-bond donors (Lipinski definition) is 2. The van der Waals surface area contributed by atoms with E-state index in [0.717, 1.165) is 65.0 Å². The zero-order valence-corrected chi connectivity index (χ0v) is 14.2. The molecule has 4 heteroatoms. The predicted molar refractivity (Wildman–Crippen MR) is 93.7 cm³/mol. The molecule has 1 aromatic carbocycles. The Hall–Kier alpha value is -1.39. The van der Waals surface area contributed by atoms with Crippen LogP contribution in [0, 0.1) is 0 Å². The Balaban J connectivity index is 1.52. The minimum atomic E-state index is -0.357. The number of hydrogen-bond acceptors (Lipinski definition) is 3. The molecular formula is C19H29N3O. The van der Waals surface area contributed by atoms with Gasteiger partial charge in [0.15, 0.2) is 0 Å². The van der Waals surface area contributed by atoms with Crippen molar-refractivity contribution in [3.63, 3.8) is 0 Å². The van der Waals surface area contributed by atoms with E-state index < -0.39 is 0 Å². The fourth-order valence-corrected chi connectivity index (χ4v) is 3.91. The van der Waals surface area contributed by atoms with Gasteiger partial charge in [-0.1, -0.05) is 24.3 Å². The number of fused-ring (bicyclic) bond motifs is 1. The molecule has 1 aromatic rings. The summed E-state index contributed by atoms with van der Waals surface area (Å²) in [6.45, 7) is 8.38. The van der Waals surface area contributed by atoms with E-state index in [9.17, 15) is 4.79 Å². The summed E-state index contributed by atoms with van der Waals surface area (Å²) in [6.07, 6.45) is 4.18. The lowest BCUT2D eigenvalue weighted by Crippen LogP contribution is -2.46. The molecule has 23 heavy (non-hydrogen) atoms. The normalized spacial score (nSPS) is 24.9. The number of piperazine rings is 1. The summed E-state index contributed by atoms with van der Waals surface area (Å²) in [6, 6.07) is 8.44. The second-order valence-corrected chi connectivity index (χ2v) is 7.04. The molecule has 0 radical (unpaired) electrons. The summed E-state index contributed by atoms with van der Waals surface area (Å²) in [5, 5.41) is 6.56. The Bertz CT molecular complexity index is 539. The van der Waals surface area contributed by atoms with Gasteiger partial charge in [0, 0.05) is 32.7 Å². The lowest BCUT2D eigenvalue weighted by atomic mass is 9.70. The quantitative estimate of drug-likeness (QED) is 0.813. The van der Waals surface area contributed by atoms with Crippen molar-refractivity contribution in [3.05, 3.63) is 35.4 Å². The van der Waals surface area contributed by atoms with Gasteiger partial charge in [0.2, 0.25) is 5.91 Å². The first-order valence-electron chi connectivity index (χ1n) is 9.00. The van der Waals surface area contributed by atoms with Gasteiger partial charge < -0.3 is 15.5 Å². The molecule has 0 aromatic heterocycles. The van der Waals surface area contributed by atoms with Crippen molar-refractivity contribution >= 4 is 5.91 Å². The highest BCUT2D eigenvalue weighted by Crippen LogP contribution is 2.37. The van der Waals surface area contributed by atoms with Gasteiger partial charge in [0.05, 0.1) is 5.41 Å². The molecule has 126 valence electrons. The van der Waals surface area contributed by atoms with E-state index in [0.29, 0.717) is 0 Å². The molecule has 0 saturated carbocycles. The van der Waals surface area contributed by atoms with Crippen LogP contribution in [0.3, 0.4) is 0 Å². The Morgan fingerprint density at radius 1 is 1.30 bits per heavy atom. The van der Waals surface area contributed by atoms with Crippen LogP contribution in [0.5, 0.6) is 0 Å². The average molecular weight is 315 g/mol. The van der Waals surface area contributed by atoms with Crippen LogP contribution < -0.4 is 10.6 Å². The summed E-state index contributed by atoms with van der Waals surface area (Å²) >= 11 is 0. The third-order valence-electron chi connectivity index (χ3n) is 5.38. The van der Waals surface area contributed by atoms with Gasteiger partial charge in [0.25, 0.3) is 0 Å². The lowest BCUT2D eigenvalue weighted by Gasteiger charge is -2.34. The molecule has 0 spiro atoms. The van der Waals surface area contributed by atoms with Crippen molar-refractivity contribution in [3.8, 4) is 0 Å². The van der Waals surface area contributed by atoms with Crippen LogP contribution in [0.25, 0.3) is 0 Å². The fourth-order valence-electron chi connectivity index (χ4n) is 3.91. The molecule has 4 nitrogen and oxygen atoms in total. The van der Waals surface area contributed by atoms with Crippen LogP contribution in [0.2, 0.25) is 0 Å². The minimum absolute atomic E-state index is 0.199. The van der Waals surface area contributed by atoms with Crippen LogP contribution in [0.4, 0.5) is 0 Å². The van der Waals surface area contributed by atoms with E-state index in [1.54, 1.807) is 0 Å². The van der Waals surface area contributed by atoms with Gasteiger partial charge in [-0.05, 0) is 50.3 Å². The van der Waals surface area contributed by atoms with Crippen molar-refractivity contribution in [2.45, 2.75) is 38.0 Å². The second kappa shape index (κ2) is 7.45. The summed E-state index contributed by atoms with van der Waals surface area (Å²) in [7, 11) is 0. The number of carbonyl (C=O) groups excluding carboxylic acids is 1. The van der Waals surface area contributed by atoms with Crippen LogP contribution >= 0.6 is 0 Å². The number of carbonyl (C=O) groups is 1. The second-order valence-electron chi connectivity index (χ2n) is 7.04. The van der Waals surface area contributed by atoms with Gasteiger partial charge in [0.1, 0.15) is 0 Å². The molecule has 1 saturated heterocycles. The number of nitrogens with zero attached hydrogens (tertiary/aromatic N) is 1. The van der Waals surface area contributed by atoms with Crippen LogP contribution in [0.1, 0.15) is 37.3 Å². The monoisotopic (exact) mass is 315 g/mol. The van der Waals surface area contributed by atoms with Gasteiger partial charge in [-0.15, -0.1) is 0 Å². The van der Waals surface area contributed by atoms with Crippen molar-refractivity contribution in [1.82, 2.24) is 15.5 Å². The molecule has 1 atom stereocenters. The number of benzene rings is 1. The highest BCUT2D eigenvalue weighted by Gasteiger charge is 2.38. The first-order chi connectivity index (χ1) is 11.2. The molecule has 2 aliphatic rings.